The second-order valence-corrected chi connectivity index (χ2v) is 6.34. The van der Waals surface area contributed by atoms with Crippen molar-refractivity contribution in [1.29, 1.82) is 0 Å². The van der Waals surface area contributed by atoms with E-state index >= 15 is 0 Å². The normalized spacial score (nSPS) is 10.3. The maximum Gasteiger partial charge on any atom is 0.269 e. The molecule has 6 heteroatoms. The van der Waals surface area contributed by atoms with Crippen LogP contribution in [0.25, 0.3) is 0 Å². The summed E-state index contributed by atoms with van der Waals surface area (Å²) in [6, 6.07) is 19.0. The van der Waals surface area contributed by atoms with Gasteiger partial charge in [-0.3, -0.25) is 4.79 Å². The van der Waals surface area contributed by atoms with Crippen LogP contribution in [-0.2, 0) is 6.42 Å². The Labute approximate surface area is 170 Å². The van der Waals surface area contributed by atoms with E-state index < -0.39 is 0 Å². The molecule has 0 unspecified atom stereocenters. The molecule has 1 aromatic heterocycles. The van der Waals surface area contributed by atoms with Crippen molar-refractivity contribution in [2.45, 2.75) is 13.3 Å². The lowest BCUT2D eigenvalue weighted by atomic mass is 10.1. The zero-order valence-corrected chi connectivity index (χ0v) is 16.6. The summed E-state index contributed by atoms with van der Waals surface area (Å²) in [5.41, 5.74) is 3.11. The van der Waals surface area contributed by atoms with Gasteiger partial charge in [0.05, 0.1) is 31.3 Å². The molecular weight excluding hydrogens is 366 g/mol. The summed E-state index contributed by atoms with van der Waals surface area (Å²) in [4.78, 5) is 16.6. The van der Waals surface area contributed by atoms with Crippen molar-refractivity contribution in [1.82, 2.24) is 10.3 Å². The maximum absolute atomic E-state index is 12.3. The number of amides is 1. The highest BCUT2D eigenvalue weighted by Crippen LogP contribution is 2.27. The number of pyridine rings is 1. The van der Waals surface area contributed by atoms with Crippen molar-refractivity contribution in [2.75, 3.05) is 25.6 Å². The summed E-state index contributed by atoms with van der Waals surface area (Å²) >= 11 is 0. The molecule has 150 valence electrons. The molecule has 0 saturated carbocycles. The van der Waals surface area contributed by atoms with E-state index in [1.807, 2.05) is 61.5 Å². The van der Waals surface area contributed by atoms with E-state index in [0.29, 0.717) is 18.8 Å². The Bertz CT molecular complexity index is 942. The van der Waals surface area contributed by atoms with Gasteiger partial charge in [-0.2, -0.15) is 0 Å². The quantitative estimate of drug-likeness (QED) is 0.572. The van der Waals surface area contributed by atoms with Crippen molar-refractivity contribution in [2.24, 2.45) is 0 Å². The Hall–Kier alpha value is -3.54. The van der Waals surface area contributed by atoms with Gasteiger partial charge in [0.15, 0.2) is 0 Å². The molecule has 0 bridgehead atoms. The summed E-state index contributed by atoms with van der Waals surface area (Å²) in [7, 11) is 1.64. The van der Waals surface area contributed by atoms with E-state index in [1.54, 1.807) is 19.4 Å². The number of benzene rings is 2. The third kappa shape index (κ3) is 5.72. The topological polar surface area (TPSA) is 72.5 Å². The van der Waals surface area contributed by atoms with Crippen molar-refractivity contribution >= 4 is 17.3 Å². The summed E-state index contributed by atoms with van der Waals surface area (Å²) in [5, 5.41) is 6.17. The zero-order valence-electron chi connectivity index (χ0n) is 16.6. The Morgan fingerprint density at radius 1 is 1.07 bits per heavy atom. The van der Waals surface area contributed by atoms with Gasteiger partial charge in [0.25, 0.3) is 5.91 Å². The fourth-order valence-electron chi connectivity index (χ4n) is 2.85. The number of anilines is 2. The summed E-state index contributed by atoms with van der Waals surface area (Å²) in [5.74, 6) is 1.38. The number of rotatable bonds is 9. The molecule has 0 aliphatic carbocycles. The molecule has 29 heavy (non-hydrogen) atoms. The van der Waals surface area contributed by atoms with Crippen LogP contribution in [0.2, 0.25) is 0 Å². The van der Waals surface area contributed by atoms with Gasteiger partial charge in [-0.25, -0.2) is 4.98 Å². The van der Waals surface area contributed by atoms with Gasteiger partial charge >= 0.3 is 0 Å². The Kier molecular flexibility index (Phi) is 7.05. The van der Waals surface area contributed by atoms with Crippen molar-refractivity contribution < 1.29 is 14.3 Å². The number of nitrogens with one attached hydrogen (secondary N) is 2. The molecule has 0 aliphatic heterocycles. The largest absolute Gasteiger partial charge is 0.497 e. The third-order valence-electron chi connectivity index (χ3n) is 4.30. The molecular formula is C23H25N3O3. The van der Waals surface area contributed by atoms with Gasteiger partial charge in [-0.1, -0.05) is 24.3 Å². The molecule has 2 aromatic carbocycles. The van der Waals surface area contributed by atoms with Crippen LogP contribution in [0.3, 0.4) is 0 Å². The second-order valence-electron chi connectivity index (χ2n) is 6.34. The zero-order chi connectivity index (χ0) is 20.5. The standard InChI is InChI=1S/C23H25N3O3/c1-3-29-22-10-5-4-9-20(22)26-18-11-12-21(25-16-18)23(27)24-14-13-17-7-6-8-19(15-17)28-2/h4-12,15-16,26H,3,13-14H2,1-2H3,(H,24,27). The average molecular weight is 391 g/mol. The number of hydrogen-bond acceptors (Lipinski definition) is 5. The predicted molar refractivity (Wildman–Crippen MR) is 114 cm³/mol. The number of hydrogen-bond donors (Lipinski definition) is 2. The molecule has 0 atom stereocenters. The van der Waals surface area contributed by atoms with Crippen molar-refractivity contribution in [3.8, 4) is 11.5 Å². The predicted octanol–water partition coefficient (Wildman–Crippen LogP) is 4.21. The van der Waals surface area contributed by atoms with Crippen molar-refractivity contribution in [3.05, 3.63) is 78.1 Å². The maximum atomic E-state index is 12.3. The van der Waals surface area contributed by atoms with Gasteiger partial charge in [0.2, 0.25) is 0 Å². The monoisotopic (exact) mass is 391 g/mol. The smallest absolute Gasteiger partial charge is 0.269 e. The Balaban J connectivity index is 1.55. The van der Waals surface area contributed by atoms with Crippen LogP contribution in [-0.4, -0.2) is 31.2 Å². The van der Waals surface area contributed by atoms with Crippen LogP contribution >= 0.6 is 0 Å². The highest BCUT2D eigenvalue weighted by atomic mass is 16.5. The number of aromatic nitrogens is 1. The molecule has 3 rings (SSSR count). The van der Waals surface area contributed by atoms with E-state index in [9.17, 15) is 4.79 Å². The molecule has 3 aromatic rings. The number of para-hydroxylation sites is 2. The molecule has 1 heterocycles. The fraction of sp³-hybridized carbons (Fsp3) is 0.217. The lowest BCUT2D eigenvalue weighted by molar-refractivity contribution is 0.0949. The number of ether oxygens (including phenoxy) is 2. The van der Waals surface area contributed by atoms with E-state index in [1.165, 1.54) is 0 Å². The summed E-state index contributed by atoms with van der Waals surface area (Å²) in [6.45, 7) is 3.06. The average Bonchev–Trinajstić information content (AvgIpc) is 2.76. The van der Waals surface area contributed by atoms with Crippen molar-refractivity contribution in [3.63, 3.8) is 0 Å². The third-order valence-corrected chi connectivity index (χ3v) is 4.30. The van der Waals surface area contributed by atoms with Gasteiger partial charge < -0.3 is 20.1 Å². The Morgan fingerprint density at radius 2 is 1.93 bits per heavy atom. The molecule has 0 fully saturated rings. The lowest BCUT2D eigenvalue weighted by Crippen LogP contribution is -2.26. The van der Waals surface area contributed by atoms with Gasteiger partial charge in [0, 0.05) is 6.54 Å². The minimum Gasteiger partial charge on any atom is -0.497 e. The van der Waals surface area contributed by atoms with E-state index in [-0.39, 0.29) is 5.91 Å². The first-order chi connectivity index (χ1) is 14.2. The molecule has 0 saturated heterocycles. The summed E-state index contributed by atoms with van der Waals surface area (Å²) < 4.78 is 10.8. The molecule has 2 N–H and O–H groups in total. The van der Waals surface area contributed by atoms with Crippen LogP contribution < -0.4 is 20.1 Å². The van der Waals surface area contributed by atoms with E-state index in [0.717, 1.165) is 34.9 Å². The molecule has 0 spiro atoms. The van der Waals surface area contributed by atoms with Crippen LogP contribution in [0.1, 0.15) is 23.0 Å². The number of methoxy groups -OCH3 is 1. The molecule has 0 radical (unpaired) electrons. The van der Waals surface area contributed by atoms with E-state index in [4.69, 9.17) is 9.47 Å². The molecule has 1 amide bonds. The van der Waals surface area contributed by atoms with Crippen LogP contribution in [0.15, 0.2) is 66.9 Å². The SMILES string of the molecule is CCOc1ccccc1Nc1ccc(C(=O)NCCc2cccc(OC)c2)nc1. The van der Waals surface area contributed by atoms with Crippen LogP contribution in [0, 0.1) is 0 Å². The second kappa shape index (κ2) is 10.1. The van der Waals surface area contributed by atoms with E-state index in [2.05, 4.69) is 15.6 Å². The summed E-state index contributed by atoms with van der Waals surface area (Å²) in [6.07, 6.45) is 2.36. The minimum atomic E-state index is -0.200. The minimum absolute atomic E-state index is 0.200. The molecule has 0 aliphatic rings. The van der Waals surface area contributed by atoms with Gasteiger partial charge in [-0.15, -0.1) is 0 Å². The van der Waals surface area contributed by atoms with Crippen LogP contribution in [0.5, 0.6) is 11.5 Å². The number of carbonyl (C=O) groups excluding carboxylic acids is 1. The first-order valence-electron chi connectivity index (χ1n) is 9.55. The lowest BCUT2D eigenvalue weighted by Gasteiger charge is -2.12. The highest BCUT2D eigenvalue weighted by molar-refractivity contribution is 5.92. The van der Waals surface area contributed by atoms with Gasteiger partial charge in [-0.05, 0) is 55.3 Å². The first kappa shape index (κ1) is 20.2. The highest BCUT2D eigenvalue weighted by Gasteiger charge is 2.08. The Morgan fingerprint density at radius 3 is 2.69 bits per heavy atom. The molecule has 6 nitrogen and oxygen atoms in total. The van der Waals surface area contributed by atoms with Gasteiger partial charge in [0.1, 0.15) is 17.2 Å². The fourth-order valence-corrected chi connectivity index (χ4v) is 2.85. The number of nitrogens with zero attached hydrogens (tertiary/aromatic N) is 1. The number of carbonyl (C=O) groups is 1. The first-order valence-corrected chi connectivity index (χ1v) is 9.55. The van der Waals surface area contributed by atoms with Crippen LogP contribution in [0.4, 0.5) is 11.4 Å².